The Hall–Kier alpha value is -1.56. The molecule has 0 spiro atoms. The Kier molecular flexibility index (Phi) is 3.54. The molecule has 0 atom stereocenters. The minimum absolute atomic E-state index is 0.0286. The van der Waals surface area contributed by atoms with Crippen LogP contribution in [-0.2, 0) is 10.3 Å². The quantitative estimate of drug-likeness (QED) is 0.733. The van der Waals surface area contributed by atoms with Gasteiger partial charge in [0.15, 0.2) is 5.69 Å². The van der Waals surface area contributed by atoms with Crippen LogP contribution in [0.5, 0.6) is 5.88 Å². The fourth-order valence-corrected chi connectivity index (χ4v) is 1.19. The van der Waals surface area contributed by atoms with Gasteiger partial charge < -0.3 is 14.9 Å². The number of hydrogen-bond acceptors (Lipinski definition) is 5. The number of aromatic hydroxyl groups is 1. The zero-order valence-electron chi connectivity index (χ0n) is 9.60. The Balaban J connectivity index is 3.03. The van der Waals surface area contributed by atoms with Gasteiger partial charge in [-0.15, -0.1) is 0 Å². The highest BCUT2D eigenvalue weighted by atomic mass is 16.5. The molecule has 0 aliphatic carbocycles. The number of ether oxygens (including phenoxy) is 1. The van der Waals surface area contributed by atoms with Crippen LogP contribution >= 0.6 is 0 Å². The highest BCUT2D eigenvalue weighted by Crippen LogP contribution is 2.22. The average Bonchev–Trinajstić information content (AvgIpc) is 2.61. The molecule has 90 valence electrons. The van der Waals surface area contributed by atoms with E-state index in [4.69, 9.17) is 9.84 Å². The highest BCUT2D eigenvalue weighted by molar-refractivity contribution is 5.87. The Morgan fingerprint density at radius 2 is 2.25 bits per heavy atom. The van der Waals surface area contributed by atoms with Gasteiger partial charge in [0.2, 0.25) is 5.88 Å². The van der Waals surface area contributed by atoms with Gasteiger partial charge in [-0.2, -0.15) is 5.10 Å². The summed E-state index contributed by atoms with van der Waals surface area (Å²) in [5, 5.41) is 22.6. The molecule has 1 heterocycles. The Morgan fingerprint density at radius 1 is 1.62 bits per heavy atom. The summed E-state index contributed by atoms with van der Waals surface area (Å²) in [7, 11) is 0. The fourth-order valence-electron chi connectivity index (χ4n) is 1.19. The number of aliphatic hydroxyl groups is 1. The molecule has 6 heteroatoms. The van der Waals surface area contributed by atoms with Crippen molar-refractivity contribution in [1.82, 2.24) is 9.78 Å². The van der Waals surface area contributed by atoms with Gasteiger partial charge in [-0.3, -0.25) is 0 Å². The van der Waals surface area contributed by atoms with Gasteiger partial charge in [-0.1, -0.05) is 0 Å². The minimum atomic E-state index is -0.769. The summed E-state index contributed by atoms with van der Waals surface area (Å²) in [6.07, 6.45) is 0. The summed E-state index contributed by atoms with van der Waals surface area (Å²) in [5.74, 6) is -0.771. The number of esters is 1. The summed E-state index contributed by atoms with van der Waals surface area (Å²) in [6, 6.07) is 1.22. The molecule has 0 aliphatic rings. The molecule has 0 aliphatic heterocycles. The Bertz CT molecular complexity index is 384. The SMILES string of the molecule is CCOC(=O)c1cc(O)n(C(C)(C)CO)n1. The van der Waals surface area contributed by atoms with E-state index in [9.17, 15) is 9.90 Å². The van der Waals surface area contributed by atoms with Gasteiger partial charge in [-0.05, 0) is 20.8 Å². The second-order valence-electron chi connectivity index (χ2n) is 3.99. The lowest BCUT2D eigenvalue weighted by atomic mass is 10.1. The molecule has 0 saturated heterocycles. The lowest BCUT2D eigenvalue weighted by molar-refractivity contribution is 0.0516. The summed E-state index contributed by atoms with van der Waals surface area (Å²) >= 11 is 0. The van der Waals surface area contributed by atoms with Crippen LogP contribution in [0.25, 0.3) is 0 Å². The van der Waals surface area contributed by atoms with Crippen LogP contribution in [0.15, 0.2) is 6.07 Å². The van der Waals surface area contributed by atoms with Crippen LogP contribution in [0.4, 0.5) is 0 Å². The summed E-state index contributed by atoms with van der Waals surface area (Å²) in [6.45, 7) is 5.11. The third-order valence-corrected chi connectivity index (χ3v) is 2.14. The van der Waals surface area contributed by atoms with Gasteiger partial charge in [0.05, 0.1) is 18.8 Å². The third-order valence-electron chi connectivity index (χ3n) is 2.14. The minimum Gasteiger partial charge on any atom is -0.493 e. The second kappa shape index (κ2) is 4.52. The largest absolute Gasteiger partial charge is 0.493 e. The zero-order valence-corrected chi connectivity index (χ0v) is 9.60. The van der Waals surface area contributed by atoms with Crippen molar-refractivity contribution >= 4 is 5.97 Å². The second-order valence-corrected chi connectivity index (χ2v) is 3.99. The molecule has 0 aromatic carbocycles. The third kappa shape index (κ3) is 2.33. The van der Waals surface area contributed by atoms with Crippen molar-refractivity contribution in [2.75, 3.05) is 13.2 Å². The zero-order chi connectivity index (χ0) is 12.3. The van der Waals surface area contributed by atoms with E-state index in [1.807, 2.05) is 0 Å². The molecule has 1 aromatic heterocycles. The number of nitrogens with zero attached hydrogens (tertiary/aromatic N) is 2. The van der Waals surface area contributed by atoms with Crippen LogP contribution < -0.4 is 0 Å². The van der Waals surface area contributed by atoms with E-state index >= 15 is 0 Å². The lowest BCUT2D eigenvalue weighted by Crippen LogP contribution is -2.31. The molecule has 2 N–H and O–H groups in total. The summed E-state index contributed by atoms with van der Waals surface area (Å²) < 4.78 is 5.95. The average molecular weight is 228 g/mol. The predicted octanol–water partition coefficient (Wildman–Crippen LogP) is 0.493. The topological polar surface area (TPSA) is 84.6 Å². The maximum atomic E-state index is 11.4. The van der Waals surface area contributed by atoms with E-state index in [0.29, 0.717) is 0 Å². The van der Waals surface area contributed by atoms with Gasteiger partial charge >= 0.3 is 5.97 Å². The fraction of sp³-hybridized carbons (Fsp3) is 0.600. The molecule has 0 radical (unpaired) electrons. The van der Waals surface area contributed by atoms with Gasteiger partial charge in [-0.25, -0.2) is 9.48 Å². The van der Waals surface area contributed by atoms with E-state index in [1.54, 1.807) is 20.8 Å². The van der Waals surface area contributed by atoms with Crippen molar-refractivity contribution in [2.45, 2.75) is 26.3 Å². The first kappa shape index (κ1) is 12.5. The number of aliphatic hydroxyl groups excluding tert-OH is 1. The monoisotopic (exact) mass is 228 g/mol. The summed E-state index contributed by atoms with van der Waals surface area (Å²) in [5.41, 5.74) is -0.740. The van der Waals surface area contributed by atoms with Crippen molar-refractivity contribution in [1.29, 1.82) is 0 Å². The van der Waals surface area contributed by atoms with Crippen LogP contribution in [0.3, 0.4) is 0 Å². The molecule has 1 aromatic rings. The Labute approximate surface area is 93.5 Å². The molecule has 0 fully saturated rings. The van der Waals surface area contributed by atoms with E-state index in [-0.39, 0.29) is 24.8 Å². The van der Waals surface area contributed by atoms with Crippen LogP contribution in [0.2, 0.25) is 0 Å². The van der Waals surface area contributed by atoms with Crippen LogP contribution in [-0.4, -0.2) is 39.2 Å². The van der Waals surface area contributed by atoms with Crippen molar-refractivity contribution in [3.8, 4) is 5.88 Å². The maximum Gasteiger partial charge on any atom is 0.358 e. The molecule has 0 amide bonds. The molecule has 0 bridgehead atoms. The van der Waals surface area contributed by atoms with Crippen molar-refractivity contribution in [3.63, 3.8) is 0 Å². The molecule has 16 heavy (non-hydrogen) atoms. The van der Waals surface area contributed by atoms with E-state index in [0.717, 1.165) is 0 Å². The normalized spacial score (nSPS) is 11.5. The Morgan fingerprint density at radius 3 is 2.75 bits per heavy atom. The van der Waals surface area contributed by atoms with E-state index in [2.05, 4.69) is 5.10 Å². The number of hydrogen-bond donors (Lipinski definition) is 2. The predicted molar refractivity (Wildman–Crippen MR) is 56.3 cm³/mol. The number of rotatable bonds is 4. The first-order valence-electron chi connectivity index (χ1n) is 5.00. The first-order chi connectivity index (χ1) is 7.42. The van der Waals surface area contributed by atoms with Gasteiger partial charge in [0.1, 0.15) is 0 Å². The maximum absolute atomic E-state index is 11.4. The smallest absolute Gasteiger partial charge is 0.358 e. The lowest BCUT2D eigenvalue weighted by Gasteiger charge is -2.22. The molecule has 1 rings (SSSR count). The van der Waals surface area contributed by atoms with Crippen molar-refractivity contribution < 1.29 is 19.7 Å². The molecule has 0 unspecified atom stereocenters. The van der Waals surface area contributed by atoms with E-state index < -0.39 is 11.5 Å². The number of carbonyl (C=O) groups is 1. The van der Waals surface area contributed by atoms with Gasteiger partial charge in [0.25, 0.3) is 0 Å². The molecule has 0 saturated carbocycles. The van der Waals surface area contributed by atoms with Crippen molar-refractivity contribution in [3.05, 3.63) is 11.8 Å². The standard InChI is InChI=1S/C10H16N2O4/c1-4-16-9(15)7-5-8(14)12(11-7)10(2,3)6-13/h5,13-14H,4,6H2,1-3H3. The van der Waals surface area contributed by atoms with Gasteiger partial charge in [0, 0.05) is 6.07 Å². The van der Waals surface area contributed by atoms with E-state index in [1.165, 1.54) is 10.7 Å². The first-order valence-corrected chi connectivity index (χ1v) is 5.00. The van der Waals surface area contributed by atoms with Crippen LogP contribution in [0.1, 0.15) is 31.3 Å². The number of aromatic nitrogens is 2. The highest BCUT2D eigenvalue weighted by Gasteiger charge is 2.26. The van der Waals surface area contributed by atoms with Crippen molar-refractivity contribution in [2.24, 2.45) is 0 Å². The number of carbonyl (C=O) groups excluding carboxylic acids is 1. The van der Waals surface area contributed by atoms with Crippen LogP contribution in [0, 0.1) is 0 Å². The summed E-state index contributed by atoms with van der Waals surface area (Å²) in [4.78, 5) is 11.4. The molecular weight excluding hydrogens is 212 g/mol. The molecular formula is C10H16N2O4. The molecule has 6 nitrogen and oxygen atoms in total.